The average molecular weight is 412 g/mol. The van der Waals surface area contributed by atoms with Gasteiger partial charge in [0, 0.05) is 25.1 Å². The summed E-state index contributed by atoms with van der Waals surface area (Å²) in [6, 6.07) is 11.4. The fourth-order valence-corrected chi connectivity index (χ4v) is 3.95. The lowest BCUT2D eigenvalue weighted by molar-refractivity contribution is -0.136. The maximum absolute atomic E-state index is 12.8. The summed E-state index contributed by atoms with van der Waals surface area (Å²) in [5, 5.41) is 5.49. The van der Waals surface area contributed by atoms with Crippen molar-refractivity contribution in [1.29, 1.82) is 0 Å². The van der Waals surface area contributed by atoms with Crippen LogP contribution in [0.25, 0.3) is 0 Å². The molecule has 4 amide bonds. The number of rotatable bonds is 4. The molecule has 2 heterocycles. The smallest absolute Gasteiger partial charge is 0.255 e. The normalized spacial score (nSPS) is 18.4. The number of carbonyl (C=O) groups is 4. The van der Waals surface area contributed by atoms with Gasteiger partial charge in [-0.25, -0.2) is 0 Å². The van der Waals surface area contributed by atoms with Crippen LogP contribution in [0, 0.1) is 0 Å². The lowest BCUT2D eigenvalue weighted by Crippen LogP contribution is -2.52. The summed E-state index contributed by atoms with van der Waals surface area (Å²) in [6.45, 7) is 0.488. The van der Waals surface area contributed by atoms with E-state index in [4.69, 9.17) is 11.6 Å². The van der Waals surface area contributed by atoms with Crippen LogP contribution in [-0.4, -0.2) is 34.6 Å². The molecule has 0 aliphatic carbocycles. The first kappa shape index (κ1) is 19.1. The van der Waals surface area contributed by atoms with Crippen molar-refractivity contribution < 1.29 is 19.2 Å². The number of hydrogen-bond acceptors (Lipinski definition) is 4. The van der Waals surface area contributed by atoms with E-state index in [0.29, 0.717) is 22.6 Å². The SMILES string of the molecule is O=C1CCC(N2Cc3c(CNC(=O)c4ccccc4Cl)cccc3C2=O)C(=O)N1. The number of hydrogen-bond donors (Lipinski definition) is 2. The first-order chi connectivity index (χ1) is 14.0. The topological polar surface area (TPSA) is 95.6 Å². The Morgan fingerprint density at radius 3 is 2.69 bits per heavy atom. The Hall–Kier alpha value is -3.19. The second-order valence-corrected chi connectivity index (χ2v) is 7.41. The van der Waals surface area contributed by atoms with E-state index in [-0.39, 0.29) is 37.2 Å². The van der Waals surface area contributed by atoms with Crippen molar-refractivity contribution in [3.8, 4) is 0 Å². The largest absolute Gasteiger partial charge is 0.348 e. The summed E-state index contributed by atoms with van der Waals surface area (Å²) in [4.78, 5) is 50.3. The molecule has 1 atom stereocenters. The highest BCUT2D eigenvalue weighted by Gasteiger charge is 2.39. The Labute approximate surface area is 172 Å². The van der Waals surface area contributed by atoms with E-state index in [1.54, 1.807) is 36.4 Å². The molecule has 2 aromatic carbocycles. The number of fused-ring (bicyclic) bond motifs is 1. The Morgan fingerprint density at radius 1 is 1.14 bits per heavy atom. The number of nitrogens with one attached hydrogen (secondary N) is 2. The van der Waals surface area contributed by atoms with Crippen LogP contribution in [0.15, 0.2) is 42.5 Å². The highest BCUT2D eigenvalue weighted by Crippen LogP contribution is 2.30. The van der Waals surface area contributed by atoms with E-state index in [0.717, 1.165) is 11.1 Å². The van der Waals surface area contributed by atoms with Gasteiger partial charge in [-0.3, -0.25) is 24.5 Å². The molecule has 29 heavy (non-hydrogen) atoms. The number of imide groups is 1. The van der Waals surface area contributed by atoms with Crippen molar-refractivity contribution in [1.82, 2.24) is 15.5 Å². The molecular formula is C21H18ClN3O4. The van der Waals surface area contributed by atoms with Crippen LogP contribution >= 0.6 is 11.6 Å². The van der Waals surface area contributed by atoms with Crippen molar-refractivity contribution in [2.75, 3.05) is 0 Å². The van der Waals surface area contributed by atoms with Crippen molar-refractivity contribution in [2.45, 2.75) is 32.0 Å². The summed E-state index contributed by atoms with van der Waals surface area (Å²) in [5.41, 5.74) is 2.47. The molecule has 148 valence electrons. The Balaban J connectivity index is 1.51. The Kier molecular flexibility index (Phi) is 5.07. The fourth-order valence-electron chi connectivity index (χ4n) is 3.73. The van der Waals surface area contributed by atoms with Crippen LogP contribution in [0.1, 0.15) is 44.7 Å². The number of benzene rings is 2. The molecule has 0 bridgehead atoms. The highest BCUT2D eigenvalue weighted by atomic mass is 35.5. The Bertz CT molecular complexity index is 1040. The third kappa shape index (κ3) is 3.61. The third-order valence-corrected chi connectivity index (χ3v) is 5.57. The molecule has 1 fully saturated rings. The van der Waals surface area contributed by atoms with Gasteiger partial charge in [-0.05, 0) is 35.7 Å². The number of amides is 4. The van der Waals surface area contributed by atoms with E-state index >= 15 is 0 Å². The molecule has 0 spiro atoms. The predicted molar refractivity (Wildman–Crippen MR) is 105 cm³/mol. The summed E-state index contributed by atoms with van der Waals surface area (Å²) in [7, 11) is 0. The van der Waals surface area contributed by atoms with Gasteiger partial charge in [0.05, 0.1) is 10.6 Å². The molecule has 2 aliphatic rings. The van der Waals surface area contributed by atoms with Crippen LogP contribution in [0.4, 0.5) is 0 Å². The van der Waals surface area contributed by atoms with E-state index < -0.39 is 11.9 Å². The second-order valence-electron chi connectivity index (χ2n) is 7.01. The van der Waals surface area contributed by atoms with Gasteiger partial charge < -0.3 is 10.2 Å². The molecule has 2 aliphatic heterocycles. The lowest BCUT2D eigenvalue weighted by Gasteiger charge is -2.29. The van der Waals surface area contributed by atoms with E-state index in [1.807, 2.05) is 6.07 Å². The second kappa shape index (κ2) is 7.67. The van der Waals surface area contributed by atoms with Gasteiger partial charge in [0.2, 0.25) is 11.8 Å². The summed E-state index contributed by atoms with van der Waals surface area (Å²) in [5.74, 6) is -1.32. The zero-order valence-electron chi connectivity index (χ0n) is 15.4. The van der Waals surface area contributed by atoms with E-state index in [9.17, 15) is 19.2 Å². The Morgan fingerprint density at radius 2 is 1.93 bits per heavy atom. The van der Waals surface area contributed by atoms with Crippen LogP contribution in [-0.2, 0) is 22.7 Å². The van der Waals surface area contributed by atoms with Crippen LogP contribution in [0.5, 0.6) is 0 Å². The van der Waals surface area contributed by atoms with Gasteiger partial charge in [0.15, 0.2) is 0 Å². The summed E-state index contributed by atoms with van der Waals surface area (Å²) >= 11 is 6.07. The molecular weight excluding hydrogens is 394 g/mol. The van der Waals surface area contributed by atoms with E-state index in [1.165, 1.54) is 4.90 Å². The van der Waals surface area contributed by atoms with Crippen molar-refractivity contribution in [2.24, 2.45) is 0 Å². The van der Waals surface area contributed by atoms with Crippen LogP contribution in [0.3, 0.4) is 0 Å². The van der Waals surface area contributed by atoms with Crippen molar-refractivity contribution in [3.63, 3.8) is 0 Å². The third-order valence-electron chi connectivity index (χ3n) is 5.24. The maximum atomic E-state index is 12.8. The van der Waals surface area contributed by atoms with Crippen molar-refractivity contribution in [3.05, 3.63) is 69.7 Å². The fraction of sp³-hybridized carbons (Fsp3) is 0.238. The number of piperidine rings is 1. The van der Waals surface area contributed by atoms with Gasteiger partial charge in [0.25, 0.3) is 11.8 Å². The number of carbonyl (C=O) groups excluding carboxylic acids is 4. The molecule has 2 aromatic rings. The van der Waals surface area contributed by atoms with Gasteiger partial charge in [-0.1, -0.05) is 35.9 Å². The zero-order chi connectivity index (χ0) is 20.5. The first-order valence-electron chi connectivity index (χ1n) is 9.24. The molecule has 2 N–H and O–H groups in total. The molecule has 8 heteroatoms. The molecule has 1 unspecified atom stereocenters. The van der Waals surface area contributed by atoms with Gasteiger partial charge >= 0.3 is 0 Å². The quantitative estimate of drug-likeness (QED) is 0.752. The summed E-state index contributed by atoms with van der Waals surface area (Å²) in [6.07, 6.45) is 0.514. The van der Waals surface area contributed by atoms with Crippen molar-refractivity contribution >= 4 is 35.2 Å². The minimum Gasteiger partial charge on any atom is -0.348 e. The summed E-state index contributed by atoms with van der Waals surface area (Å²) < 4.78 is 0. The minimum atomic E-state index is -0.668. The van der Waals surface area contributed by atoms with Crippen LogP contribution < -0.4 is 10.6 Å². The number of nitrogens with zero attached hydrogens (tertiary/aromatic N) is 1. The number of halogens is 1. The molecule has 1 saturated heterocycles. The monoisotopic (exact) mass is 411 g/mol. The van der Waals surface area contributed by atoms with Gasteiger partial charge in [-0.15, -0.1) is 0 Å². The van der Waals surface area contributed by atoms with Crippen LogP contribution in [0.2, 0.25) is 5.02 Å². The van der Waals surface area contributed by atoms with Gasteiger partial charge in [-0.2, -0.15) is 0 Å². The molecule has 4 rings (SSSR count). The highest BCUT2D eigenvalue weighted by molar-refractivity contribution is 6.33. The average Bonchev–Trinajstić information content (AvgIpc) is 3.04. The molecule has 0 radical (unpaired) electrons. The molecule has 7 nitrogen and oxygen atoms in total. The molecule has 0 aromatic heterocycles. The lowest BCUT2D eigenvalue weighted by atomic mass is 10.0. The first-order valence-corrected chi connectivity index (χ1v) is 9.61. The zero-order valence-corrected chi connectivity index (χ0v) is 16.2. The minimum absolute atomic E-state index is 0.206. The van der Waals surface area contributed by atoms with E-state index in [2.05, 4.69) is 10.6 Å². The maximum Gasteiger partial charge on any atom is 0.255 e. The molecule has 0 saturated carbocycles. The van der Waals surface area contributed by atoms with Gasteiger partial charge in [0.1, 0.15) is 6.04 Å². The standard InChI is InChI=1S/C21H18ClN3O4/c22-16-7-2-1-5-14(16)19(27)23-10-12-4-3-6-13-15(12)11-25(21(13)29)17-8-9-18(26)24-20(17)28/h1-7,17H,8-11H2,(H,23,27)(H,24,26,28). The predicted octanol–water partition coefficient (Wildman–Crippen LogP) is 2.03.